The van der Waals surface area contributed by atoms with Gasteiger partial charge in [-0.15, -0.1) is 0 Å². The molecule has 10 nitrogen and oxygen atoms in total. The molecule has 2 aromatic carbocycles. The summed E-state index contributed by atoms with van der Waals surface area (Å²) >= 11 is 0. The standard InChI is InChI=1S/C31H39F3N2O8/c32-31(33,34)23-6-5-7-25(16-23)43-20-24(37)14-15-27-26(28(38)17-29(27)39)8-3-1-2-4-9-30(40)35-18-21-10-12-22(13-11-21)19-44-36(41)42/h1,3,5-7,10-16,24,26-29,37-39,41-42H,2,4,8-9,17-20H2,(H,35,40)/b3-1-,15-14+/t24-,26-,27-,28+,29-/m1/s1. The summed E-state index contributed by atoms with van der Waals surface area (Å²) in [6.07, 6.45) is 1.92. The minimum Gasteiger partial charge on any atom is -0.491 e. The number of unbranched alkanes of at least 4 members (excludes halogenated alkanes) is 1. The minimum atomic E-state index is -4.50. The second kappa shape index (κ2) is 17.3. The summed E-state index contributed by atoms with van der Waals surface area (Å²) in [5.41, 5.74) is 0.750. The van der Waals surface area contributed by atoms with Crippen molar-refractivity contribution in [2.45, 2.75) is 69.7 Å². The van der Waals surface area contributed by atoms with E-state index in [1.165, 1.54) is 18.2 Å². The summed E-state index contributed by atoms with van der Waals surface area (Å²) in [7, 11) is 0. The number of nitrogens with zero attached hydrogens (tertiary/aromatic N) is 1. The van der Waals surface area contributed by atoms with Gasteiger partial charge in [0.15, 0.2) is 0 Å². The van der Waals surface area contributed by atoms with Gasteiger partial charge in [0.05, 0.1) is 29.8 Å². The Morgan fingerprint density at radius 1 is 1.07 bits per heavy atom. The number of rotatable bonds is 16. The van der Waals surface area contributed by atoms with Gasteiger partial charge in [0.2, 0.25) is 5.91 Å². The van der Waals surface area contributed by atoms with Crippen molar-refractivity contribution in [3.63, 3.8) is 0 Å². The number of hydrogen-bond acceptors (Lipinski definition) is 9. The van der Waals surface area contributed by atoms with Crippen molar-refractivity contribution in [1.29, 1.82) is 0 Å². The Balaban J connectivity index is 1.36. The monoisotopic (exact) mass is 624 g/mol. The molecule has 0 spiro atoms. The van der Waals surface area contributed by atoms with Gasteiger partial charge in [-0.05, 0) is 54.5 Å². The predicted molar refractivity (Wildman–Crippen MR) is 152 cm³/mol. The fourth-order valence-corrected chi connectivity index (χ4v) is 4.89. The van der Waals surface area contributed by atoms with Crippen LogP contribution in [-0.4, -0.2) is 61.9 Å². The van der Waals surface area contributed by atoms with E-state index < -0.39 is 36.0 Å². The van der Waals surface area contributed by atoms with Crippen molar-refractivity contribution in [2.24, 2.45) is 11.8 Å². The van der Waals surface area contributed by atoms with Crippen molar-refractivity contribution in [2.75, 3.05) is 6.61 Å². The zero-order valence-electron chi connectivity index (χ0n) is 24.0. The lowest BCUT2D eigenvalue weighted by Gasteiger charge is -2.19. The number of nitrogens with one attached hydrogen (secondary N) is 1. The minimum absolute atomic E-state index is 0.0154. The third-order valence-electron chi connectivity index (χ3n) is 7.26. The van der Waals surface area contributed by atoms with Crippen LogP contribution in [0.15, 0.2) is 72.8 Å². The highest BCUT2D eigenvalue weighted by atomic mass is 19.4. The maximum absolute atomic E-state index is 12.9. The number of halogens is 3. The van der Waals surface area contributed by atoms with Crippen LogP contribution in [0.4, 0.5) is 13.2 Å². The number of benzene rings is 2. The van der Waals surface area contributed by atoms with Crippen molar-refractivity contribution >= 4 is 5.91 Å². The first-order valence-electron chi connectivity index (χ1n) is 14.2. The fourth-order valence-electron chi connectivity index (χ4n) is 4.89. The van der Waals surface area contributed by atoms with Crippen molar-refractivity contribution < 1.29 is 53.3 Å². The molecule has 13 heteroatoms. The number of aliphatic hydroxyl groups excluding tert-OH is 3. The molecule has 0 aromatic heterocycles. The molecule has 44 heavy (non-hydrogen) atoms. The van der Waals surface area contributed by atoms with Gasteiger partial charge in [-0.2, -0.15) is 13.2 Å². The van der Waals surface area contributed by atoms with Crippen LogP contribution in [0.1, 0.15) is 48.8 Å². The van der Waals surface area contributed by atoms with Crippen LogP contribution in [0.3, 0.4) is 0 Å². The number of aliphatic hydroxyl groups is 3. The molecule has 2 aromatic rings. The van der Waals surface area contributed by atoms with Crippen molar-refractivity contribution in [3.8, 4) is 5.75 Å². The molecule has 0 saturated heterocycles. The molecule has 0 radical (unpaired) electrons. The number of amides is 1. The predicted octanol–water partition coefficient (Wildman–Crippen LogP) is 4.30. The van der Waals surface area contributed by atoms with E-state index in [2.05, 4.69) is 10.2 Å². The molecule has 1 aliphatic carbocycles. The molecule has 6 N–H and O–H groups in total. The average Bonchev–Trinajstić information content (AvgIpc) is 3.25. The molecular weight excluding hydrogens is 585 g/mol. The van der Waals surface area contributed by atoms with E-state index in [0.717, 1.165) is 23.3 Å². The summed E-state index contributed by atoms with van der Waals surface area (Å²) in [6, 6.07) is 11.5. The maximum atomic E-state index is 12.9. The van der Waals surface area contributed by atoms with Crippen LogP contribution < -0.4 is 10.1 Å². The van der Waals surface area contributed by atoms with Gasteiger partial charge in [0.25, 0.3) is 0 Å². The summed E-state index contributed by atoms with van der Waals surface area (Å²) in [6.45, 7) is 0.0576. The van der Waals surface area contributed by atoms with Gasteiger partial charge in [-0.25, -0.2) is 4.84 Å². The Labute approximate surface area is 253 Å². The van der Waals surface area contributed by atoms with Gasteiger partial charge >= 0.3 is 6.18 Å². The smallest absolute Gasteiger partial charge is 0.416 e. The molecule has 3 rings (SSSR count). The maximum Gasteiger partial charge on any atom is 0.416 e. The Kier molecular flexibility index (Phi) is 13.8. The van der Waals surface area contributed by atoms with Gasteiger partial charge < -0.3 is 25.4 Å². The van der Waals surface area contributed by atoms with E-state index in [-0.39, 0.29) is 42.6 Å². The summed E-state index contributed by atoms with van der Waals surface area (Å²) in [5.74, 6) is -0.842. The average molecular weight is 625 g/mol. The van der Waals surface area contributed by atoms with Crippen molar-refractivity contribution in [3.05, 3.63) is 89.5 Å². The zero-order chi connectivity index (χ0) is 32.1. The number of alkyl halides is 3. The van der Waals surface area contributed by atoms with Crippen LogP contribution in [-0.2, 0) is 29.0 Å². The largest absolute Gasteiger partial charge is 0.491 e. The van der Waals surface area contributed by atoms with Crippen LogP contribution in [0, 0.1) is 11.8 Å². The van der Waals surface area contributed by atoms with E-state index in [9.17, 15) is 33.3 Å². The lowest BCUT2D eigenvalue weighted by molar-refractivity contribution is -0.497. The van der Waals surface area contributed by atoms with E-state index in [1.807, 2.05) is 12.2 Å². The number of carbonyl (C=O) groups excluding carboxylic acids is 1. The van der Waals surface area contributed by atoms with Crippen LogP contribution in [0.25, 0.3) is 0 Å². The van der Waals surface area contributed by atoms with Gasteiger partial charge in [-0.3, -0.25) is 15.2 Å². The third kappa shape index (κ3) is 12.0. The van der Waals surface area contributed by atoms with Gasteiger partial charge in [0, 0.05) is 25.3 Å². The topological polar surface area (TPSA) is 152 Å². The highest BCUT2D eigenvalue weighted by Crippen LogP contribution is 2.36. The third-order valence-corrected chi connectivity index (χ3v) is 7.26. The lowest BCUT2D eigenvalue weighted by Crippen LogP contribution is -2.22. The highest BCUT2D eigenvalue weighted by molar-refractivity contribution is 5.75. The Morgan fingerprint density at radius 2 is 1.80 bits per heavy atom. The number of allylic oxidation sites excluding steroid dienone is 2. The first-order valence-corrected chi connectivity index (χ1v) is 14.2. The molecule has 0 unspecified atom stereocenters. The molecule has 1 saturated carbocycles. The lowest BCUT2D eigenvalue weighted by atomic mass is 9.89. The molecule has 242 valence electrons. The first-order chi connectivity index (χ1) is 20.9. The SMILES string of the molecule is O=C(CCC/C=C\C[C@@H]1[C@@H](/C=C/[C@@H](O)COc2cccc(C(F)(F)F)c2)[C@H](O)C[C@@H]1O)NCc1ccc(CON(O)O)cc1. The van der Waals surface area contributed by atoms with Gasteiger partial charge in [0.1, 0.15) is 18.5 Å². The Morgan fingerprint density at radius 3 is 2.50 bits per heavy atom. The van der Waals surface area contributed by atoms with E-state index >= 15 is 0 Å². The summed E-state index contributed by atoms with van der Waals surface area (Å²) in [5, 5.41) is 50.8. The quantitative estimate of drug-likeness (QED) is 0.0912. The molecular formula is C31H39F3N2O8. The molecule has 1 fully saturated rings. The molecule has 0 heterocycles. The van der Waals surface area contributed by atoms with E-state index in [1.54, 1.807) is 30.3 Å². The summed E-state index contributed by atoms with van der Waals surface area (Å²) < 4.78 is 43.9. The van der Waals surface area contributed by atoms with E-state index in [4.69, 9.17) is 15.2 Å². The number of hydrogen-bond donors (Lipinski definition) is 6. The normalized spacial score (nSPS) is 21.4. The number of carbonyl (C=O) groups is 1. The molecule has 1 aliphatic rings. The fraction of sp³-hybridized carbons (Fsp3) is 0.452. The van der Waals surface area contributed by atoms with Crippen molar-refractivity contribution in [1.82, 2.24) is 10.7 Å². The summed E-state index contributed by atoms with van der Waals surface area (Å²) in [4.78, 5) is 16.7. The number of ether oxygens (including phenoxy) is 1. The highest BCUT2D eigenvalue weighted by Gasteiger charge is 2.39. The second-order valence-electron chi connectivity index (χ2n) is 10.6. The Hall–Kier alpha value is -3.30. The molecule has 0 aliphatic heterocycles. The molecule has 5 atom stereocenters. The molecule has 0 bridgehead atoms. The zero-order valence-corrected chi connectivity index (χ0v) is 24.0. The second-order valence-corrected chi connectivity index (χ2v) is 10.6. The van der Waals surface area contributed by atoms with E-state index in [0.29, 0.717) is 32.2 Å². The van der Waals surface area contributed by atoms with Crippen LogP contribution in [0.2, 0.25) is 0 Å². The van der Waals surface area contributed by atoms with Crippen LogP contribution in [0.5, 0.6) is 5.75 Å². The van der Waals surface area contributed by atoms with Gasteiger partial charge in [-0.1, -0.05) is 54.6 Å². The van der Waals surface area contributed by atoms with Crippen LogP contribution >= 0.6 is 0 Å². The molecule has 1 amide bonds. The first kappa shape index (κ1) is 35.2. The Bertz CT molecular complexity index is 1220.